The zero-order valence-corrected chi connectivity index (χ0v) is 27.4. The zero-order valence-electron chi connectivity index (χ0n) is 27.4. The van der Waals surface area contributed by atoms with Gasteiger partial charge in [0.2, 0.25) is 0 Å². The van der Waals surface area contributed by atoms with Crippen LogP contribution in [0.15, 0.2) is 194 Å². The molecule has 2 aromatic heterocycles. The van der Waals surface area contributed by atoms with E-state index in [2.05, 4.69) is 182 Å². The van der Waals surface area contributed by atoms with Gasteiger partial charge in [0, 0.05) is 27.5 Å². The molecule has 0 unspecified atom stereocenters. The van der Waals surface area contributed by atoms with Crippen molar-refractivity contribution in [3.05, 3.63) is 194 Å². The molecule has 2 heterocycles. The second-order valence-electron chi connectivity index (χ2n) is 12.6. The normalized spacial score (nSPS) is 11.2. The molecule has 2 nitrogen and oxygen atoms in total. The van der Waals surface area contributed by atoms with Gasteiger partial charge >= 0.3 is 0 Å². The number of fused-ring (bicyclic) bond motifs is 3. The maximum absolute atomic E-state index is 5.39. The highest BCUT2D eigenvalue weighted by Gasteiger charge is 2.16. The Hall–Kier alpha value is -6.64. The Bertz CT molecular complexity index is 2540. The Morgan fingerprint density at radius 2 is 0.640 bits per heavy atom. The molecule has 234 valence electrons. The lowest BCUT2D eigenvalue weighted by molar-refractivity contribution is 1.32. The topological polar surface area (TPSA) is 25.8 Å². The molecule has 9 aromatic rings. The predicted molar refractivity (Wildman–Crippen MR) is 210 cm³/mol. The van der Waals surface area contributed by atoms with Crippen molar-refractivity contribution in [3.63, 3.8) is 0 Å². The van der Waals surface area contributed by atoms with E-state index in [-0.39, 0.29) is 0 Å². The lowest BCUT2D eigenvalue weighted by Crippen LogP contribution is -1.94. The molecule has 0 atom stereocenters. The molecule has 9 rings (SSSR count). The smallest absolute Gasteiger partial charge is 0.0794 e. The molecule has 0 N–H and O–H groups in total. The number of nitrogens with zero attached hydrogens (tertiary/aromatic N) is 2. The van der Waals surface area contributed by atoms with Gasteiger partial charge in [-0.05, 0) is 63.0 Å². The summed E-state index contributed by atoms with van der Waals surface area (Å²) in [5.41, 5.74) is 14.2. The second kappa shape index (κ2) is 12.8. The zero-order chi connectivity index (χ0) is 33.3. The van der Waals surface area contributed by atoms with Crippen molar-refractivity contribution < 1.29 is 0 Å². The lowest BCUT2D eigenvalue weighted by Gasteiger charge is -2.16. The Labute approximate surface area is 292 Å². The maximum Gasteiger partial charge on any atom is 0.0794 e. The van der Waals surface area contributed by atoms with E-state index in [0.29, 0.717) is 0 Å². The van der Waals surface area contributed by atoms with Gasteiger partial charge in [0.1, 0.15) is 0 Å². The fraction of sp³-hybridized carbons (Fsp3) is 0. The van der Waals surface area contributed by atoms with Gasteiger partial charge in [-0.15, -0.1) is 0 Å². The molecule has 0 spiro atoms. The summed E-state index contributed by atoms with van der Waals surface area (Å²) >= 11 is 0. The van der Waals surface area contributed by atoms with Crippen LogP contribution in [0.3, 0.4) is 0 Å². The van der Waals surface area contributed by atoms with Crippen LogP contribution in [-0.4, -0.2) is 9.97 Å². The van der Waals surface area contributed by atoms with Crippen LogP contribution in [0.25, 0.3) is 88.8 Å². The average molecular weight is 637 g/mol. The summed E-state index contributed by atoms with van der Waals surface area (Å²) in [7, 11) is 0. The van der Waals surface area contributed by atoms with E-state index in [9.17, 15) is 0 Å². The molecule has 0 saturated carbocycles. The molecular formula is C48H32N2. The summed E-state index contributed by atoms with van der Waals surface area (Å²) < 4.78 is 0. The third kappa shape index (κ3) is 5.53. The van der Waals surface area contributed by atoms with Crippen molar-refractivity contribution in [2.45, 2.75) is 0 Å². The molecule has 0 fully saturated rings. The summed E-state index contributed by atoms with van der Waals surface area (Å²) in [6.45, 7) is 0. The molecule has 0 bridgehead atoms. The third-order valence-corrected chi connectivity index (χ3v) is 9.47. The third-order valence-electron chi connectivity index (χ3n) is 9.47. The number of aromatic nitrogens is 2. The second-order valence-corrected chi connectivity index (χ2v) is 12.6. The van der Waals surface area contributed by atoms with Gasteiger partial charge in [0.15, 0.2) is 0 Å². The summed E-state index contributed by atoms with van der Waals surface area (Å²) in [4.78, 5) is 10.5. The molecule has 0 aliphatic heterocycles. The lowest BCUT2D eigenvalue weighted by atomic mass is 9.91. The van der Waals surface area contributed by atoms with Gasteiger partial charge in [-0.3, -0.25) is 0 Å². The van der Waals surface area contributed by atoms with E-state index in [0.717, 1.165) is 61.2 Å². The van der Waals surface area contributed by atoms with Gasteiger partial charge in [-0.2, -0.15) is 0 Å². The summed E-state index contributed by atoms with van der Waals surface area (Å²) in [5, 5.41) is 3.50. The number of pyridine rings is 2. The molecule has 7 aromatic carbocycles. The van der Waals surface area contributed by atoms with Crippen molar-refractivity contribution in [1.82, 2.24) is 9.97 Å². The van der Waals surface area contributed by atoms with Crippen LogP contribution in [0.5, 0.6) is 0 Å². The standard InChI is InChI=1S/C48H32N2/c1-5-15-34(16-6-1)42-31-44-43(35-17-7-2-8-18-35)32-47(50-48(44)41-24-14-13-23-40(41)42)38-27-25-33(26-28-38)39-29-45(36-19-9-3-10-20-36)49-46(30-39)37-21-11-4-12-22-37/h1-32H. The molecule has 2 heteroatoms. The van der Waals surface area contributed by atoms with Crippen LogP contribution in [0.1, 0.15) is 0 Å². The van der Waals surface area contributed by atoms with Crippen molar-refractivity contribution in [3.8, 4) is 67.2 Å². The highest BCUT2D eigenvalue weighted by atomic mass is 14.7. The van der Waals surface area contributed by atoms with Gasteiger partial charge in [-0.25, -0.2) is 9.97 Å². The molecule has 0 amide bonds. The quantitative estimate of drug-likeness (QED) is 0.170. The van der Waals surface area contributed by atoms with Crippen molar-refractivity contribution in [1.29, 1.82) is 0 Å². The largest absolute Gasteiger partial charge is 0.248 e. The van der Waals surface area contributed by atoms with Gasteiger partial charge in [0.25, 0.3) is 0 Å². The number of benzene rings is 7. The molecule has 0 aliphatic rings. The van der Waals surface area contributed by atoms with Crippen molar-refractivity contribution in [2.24, 2.45) is 0 Å². The van der Waals surface area contributed by atoms with Crippen LogP contribution < -0.4 is 0 Å². The molecule has 0 aliphatic carbocycles. The predicted octanol–water partition coefficient (Wildman–Crippen LogP) is 12.8. The highest BCUT2D eigenvalue weighted by molar-refractivity contribution is 6.16. The van der Waals surface area contributed by atoms with E-state index in [1.54, 1.807) is 0 Å². The first-order chi connectivity index (χ1) is 24.8. The van der Waals surface area contributed by atoms with Gasteiger partial charge < -0.3 is 0 Å². The van der Waals surface area contributed by atoms with E-state index < -0.39 is 0 Å². The van der Waals surface area contributed by atoms with Gasteiger partial charge in [-0.1, -0.05) is 170 Å². The van der Waals surface area contributed by atoms with Crippen LogP contribution in [-0.2, 0) is 0 Å². The minimum Gasteiger partial charge on any atom is -0.248 e. The maximum atomic E-state index is 5.39. The van der Waals surface area contributed by atoms with E-state index >= 15 is 0 Å². The monoisotopic (exact) mass is 636 g/mol. The fourth-order valence-electron chi connectivity index (χ4n) is 6.96. The van der Waals surface area contributed by atoms with Crippen molar-refractivity contribution >= 4 is 21.7 Å². The van der Waals surface area contributed by atoms with E-state index in [1.807, 2.05) is 12.1 Å². The summed E-state index contributed by atoms with van der Waals surface area (Å²) in [6, 6.07) is 68.5. The Morgan fingerprint density at radius 1 is 0.240 bits per heavy atom. The first-order valence-corrected chi connectivity index (χ1v) is 17.0. The van der Waals surface area contributed by atoms with Gasteiger partial charge in [0.05, 0.1) is 22.6 Å². The van der Waals surface area contributed by atoms with Crippen LogP contribution in [0.4, 0.5) is 0 Å². The molecule has 0 radical (unpaired) electrons. The molecular weight excluding hydrogens is 605 g/mol. The minimum atomic E-state index is 0.949. The Kier molecular flexibility index (Phi) is 7.53. The fourth-order valence-corrected chi connectivity index (χ4v) is 6.96. The number of hydrogen-bond acceptors (Lipinski definition) is 2. The van der Waals surface area contributed by atoms with Crippen LogP contribution >= 0.6 is 0 Å². The number of rotatable bonds is 6. The average Bonchev–Trinajstić information content (AvgIpc) is 3.21. The molecule has 0 saturated heterocycles. The van der Waals surface area contributed by atoms with Crippen molar-refractivity contribution in [2.75, 3.05) is 0 Å². The SMILES string of the molecule is c1ccc(-c2cc(-c3ccc(-c4cc(-c5ccccc5)c5cc(-c6ccccc6)c6ccccc6c5n4)cc3)cc(-c3ccccc3)n2)cc1. The van der Waals surface area contributed by atoms with E-state index in [4.69, 9.17) is 9.97 Å². The van der Waals surface area contributed by atoms with Crippen LogP contribution in [0.2, 0.25) is 0 Å². The van der Waals surface area contributed by atoms with Crippen LogP contribution in [0, 0.1) is 0 Å². The first-order valence-electron chi connectivity index (χ1n) is 17.0. The summed E-state index contributed by atoms with van der Waals surface area (Å²) in [6.07, 6.45) is 0. The molecule has 50 heavy (non-hydrogen) atoms. The van der Waals surface area contributed by atoms with E-state index in [1.165, 1.54) is 27.6 Å². The number of hydrogen-bond donors (Lipinski definition) is 0. The highest BCUT2D eigenvalue weighted by Crippen LogP contribution is 2.40. The Balaban J connectivity index is 1.20. The summed E-state index contributed by atoms with van der Waals surface area (Å²) in [5.74, 6) is 0. The Morgan fingerprint density at radius 3 is 1.18 bits per heavy atom. The minimum absolute atomic E-state index is 0.949. The first kappa shape index (κ1) is 29.5.